The van der Waals surface area contributed by atoms with Crippen LogP contribution < -0.4 is 0 Å². The Bertz CT molecular complexity index is 447. The highest BCUT2D eigenvalue weighted by Gasteiger charge is 2.30. The maximum atomic E-state index is 10.7. The number of rotatable bonds is 20. The maximum Gasteiger partial charge on any atom is 0.303 e. The minimum Gasteiger partial charge on any atom is -0.481 e. The molecule has 0 aromatic rings. The van der Waals surface area contributed by atoms with Crippen LogP contribution in [0.25, 0.3) is 0 Å². The summed E-state index contributed by atoms with van der Waals surface area (Å²) < 4.78 is 13.1. The Balaban J connectivity index is 4.64. The Kier molecular flexibility index (Phi) is 17.5. The van der Waals surface area contributed by atoms with E-state index in [0.717, 1.165) is 44.9 Å². The molecule has 0 aliphatic carbocycles. The zero-order valence-electron chi connectivity index (χ0n) is 22.6. The van der Waals surface area contributed by atoms with Crippen molar-refractivity contribution in [2.24, 2.45) is 0 Å². The van der Waals surface area contributed by atoms with Crippen molar-refractivity contribution in [3.63, 3.8) is 0 Å². The summed E-state index contributed by atoms with van der Waals surface area (Å²) in [5.74, 6) is -0.688. The van der Waals surface area contributed by atoms with Crippen molar-refractivity contribution in [1.82, 2.24) is 0 Å². The summed E-state index contributed by atoms with van der Waals surface area (Å²) >= 11 is 0. The van der Waals surface area contributed by atoms with Crippen molar-refractivity contribution in [2.75, 3.05) is 0 Å². The van der Waals surface area contributed by atoms with Crippen molar-refractivity contribution in [3.8, 4) is 0 Å². The molecule has 0 spiro atoms. The molecule has 192 valence electrons. The summed E-state index contributed by atoms with van der Waals surface area (Å²) in [5, 5.41) is 8.77. The Labute approximate surface area is 200 Å². The first kappa shape index (κ1) is 31.4. The van der Waals surface area contributed by atoms with Crippen LogP contribution >= 0.6 is 0 Å². The molecule has 0 aliphatic rings. The molecule has 4 heteroatoms. The molecule has 0 saturated carbocycles. The smallest absolute Gasteiger partial charge is 0.303 e. The first-order valence-electron chi connectivity index (χ1n) is 13.5. The van der Waals surface area contributed by atoms with Crippen molar-refractivity contribution in [3.05, 3.63) is 0 Å². The number of hydrogen-bond acceptors (Lipinski definition) is 3. The Morgan fingerprint density at radius 2 is 0.969 bits per heavy atom. The molecular weight excluding hydrogens is 400 g/mol. The van der Waals surface area contributed by atoms with Crippen molar-refractivity contribution < 1.29 is 19.4 Å². The number of carboxylic acid groups (broad SMARTS) is 1. The van der Waals surface area contributed by atoms with Gasteiger partial charge in [0.15, 0.2) is 0 Å². The average Bonchev–Trinajstić information content (AvgIpc) is 2.65. The van der Waals surface area contributed by atoms with E-state index in [0.29, 0.717) is 0 Å². The second-order valence-corrected chi connectivity index (χ2v) is 11.5. The number of ether oxygens (including phenoxy) is 2. The Morgan fingerprint density at radius 1 is 0.625 bits per heavy atom. The van der Waals surface area contributed by atoms with Gasteiger partial charge in [-0.3, -0.25) is 4.79 Å². The number of carbonyl (C=O) groups is 1. The molecule has 0 radical (unpaired) electrons. The van der Waals surface area contributed by atoms with E-state index in [2.05, 4.69) is 48.5 Å². The van der Waals surface area contributed by atoms with Gasteiger partial charge in [0.2, 0.25) is 0 Å². The topological polar surface area (TPSA) is 55.8 Å². The second-order valence-electron chi connectivity index (χ2n) is 11.5. The molecule has 32 heavy (non-hydrogen) atoms. The maximum absolute atomic E-state index is 10.7. The molecule has 1 N–H and O–H groups in total. The van der Waals surface area contributed by atoms with Crippen LogP contribution in [0.15, 0.2) is 0 Å². The third kappa shape index (κ3) is 21.2. The van der Waals surface area contributed by atoms with Crippen LogP contribution in [0.5, 0.6) is 0 Å². The van der Waals surface area contributed by atoms with E-state index in [-0.39, 0.29) is 29.8 Å². The van der Waals surface area contributed by atoms with Crippen LogP contribution in [0, 0.1) is 0 Å². The third-order valence-corrected chi connectivity index (χ3v) is 5.65. The normalized spacial score (nSPS) is 14.5. The summed E-state index contributed by atoms with van der Waals surface area (Å²) in [6, 6.07) is 0. The molecule has 0 bridgehead atoms. The monoisotopic (exact) mass is 456 g/mol. The molecule has 0 amide bonds. The molecule has 0 saturated heterocycles. The summed E-state index contributed by atoms with van der Waals surface area (Å²) in [7, 11) is 0. The van der Waals surface area contributed by atoms with E-state index in [1.165, 1.54) is 51.4 Å². The molecule has 0 aromatic carbocycles. The minimum atomic E-state index is -0.688. The molecule has 2 atom stereocenters. The van der Waals surface area contributed by atoms with Gasteiger partial charge >= 0.3 is 5.97 Å². The third-order valence-electron chi connectivity index (χ3n) is 5.65. The van der Waals surface area contributed by atoms with E-state index in [9.17, 15) is 4.79 Å². The highest BCUT2D eigenvalue weighted by Crippen LogP contribution is 2.27. The molecule has 0 fully saturated rings. The van der Waals surface area contributed by atoms with Gasteiger partial charge < -0.3 is 14.6 Å². The van der Waals surface area contributed by atoms with Crippen molar-refractivity contribution in [1.29, 1.82) is 0 Å². The Morgan fingerprint density at radius 3 is 1.31 bits per heavy atom. The lowest BCUT2D eigenvalue weighted by Gasteiger charge is -2.37. The number of carboxylic acids is 1. The van der Waals surface area contributed by atoms with Crippen LogP contribution in [0.2, 0.25) is 0 Å². The van der Waals surface area contributed by atoms with Gasteiger partial charge in [-0.05, 0) is 60.8 Å². The minimum absolute atomic E-state index is 0.109. The van der Waals surface area contributed by atoms with Crippen molar-refractivity contribution >= 4 is 5.97 Å². The van der Waals surface area contributed by atoms with Gasteiger partial charge in [0.25, 0.3) is 0 Å². The van der Waals surface area contributed by atoms with Crippen molar-refractivity contribution in [2.45, 2.75) is 175 Å². The van der Waals surface area contributed by atoms with E-state index in [1.807, 2.05) is 0 Å². The van der Waals surface area contributed by atoms with Gasteiger partial charge in [-0.25, -0.2) is 0 Å². The van der Waals surface area contributed by atoms with E-state index >= 15 is 0 Å². The van der Waals surface area contributed by atoms with Gasteiger partial charge in [0.05, 0.1) is 23.4 Å². The lowest BCUT2D eigenvalue weighted by molar-refractivity contribution is -0.167. The standard InChI is InChI=1S/C28H56O4/c1-8-9-10-11-12-13-15-18-21-24(31-27(2,3)4)25(32-28(5,6)7)22-19-16-14-17-20-23-26(29)30/h24-25H,8-23H2,1-7H3,(H,29,30). The summed E-state index contributed by atoms with van der Waals surface area (Å²) in [6.45, 7) is 15.1. The summed E-state index contributed by atoms with van der Waals surface area (Å²) in [5.41, 5.74) is -0.369. The highest BCUT2D eigenvalue weighted by atomic mass is 16.6. The van der Waals surface area contributed by atoms with E-state index < -0.39 is 5.97 Å². The molecule has 0 aliphatic heterocycles. The van der Waals surface area contributed by atoms with E-state index in [1.54, 1.807) is 0 Å². The highest BCUT2D eigenvalue weighted by molar-refractivity contribution is 5.66. The Hall–Kier alpha value is -0.610. The van der Waals surface area contributed by atoms with Gasteiger partial charge in [-0.2, -0.15) is 0 Å². The lowest BCUT2D eigenvalue weighted by atomic mass is 9.97. The van der Waals surface area contributed by atoms with Gasteiger partial charge in [0, 0.05) is 6.42 Å². The van der Waals surface area contributed by atoms with Crippen LogP contribution in [0.4, 0.5) is 0 Å². The molecule has 2 unspecified atom stereocenters. The molecule has 0 aromatic heterocycles. The van der Waals surface area contributed by atoms with Crippen LogP contribution in [-0.2, 0) is 14.3 Å². The fraction of sp³-hybridized carbons (Fsp3) is 0.964. The first-order valence-corrected chi connectivity index (χ1v) is 13.5. The fourth-order valence-corrected chi connectivity index (χ4v) is 4.18. The second kappa shape index (κ2) is 17.8. The van der Waals surface area contributed by atoms with E-state index in [4.69, 9.17) is 14.6 Å². The molecular formula is C28H56O4. The summed E-state index contributed by atoms with van der Waals surface area (Å²) in [4.78, 5) is 10.7. The fourth-order valence-electron chi connectivity index (χ4n) is 4.18. The zero-order chi connectivity index (χ0) is 24.5. The van der Waals surface area contributed by atoms with Gasteiger partial charge in [-0.1, -0.05) is 84.0 Å². The largest absolute Gasteiger partial charge is 0.481 e. The molecule has 0 rings (SSSR count). The average molecular weight is 457 g/mol. The van der Waals surface area contributed by atoms with Gasteiger partial charge in [0.1, 0.15) is 0 Å². The van der Waals surface area contributed by atoms with Crippen LogP contribution in [0.3, 0.4) is 0 Å². The molecule has 4 nitrogen and oxygen atoms in total. The number of hydrogen-bond donors (Lipinski definition) is 1. The number of aliphatic carboxylic acids is 1. The lowest BCUT2D eigenvalue weighted by Crippen LogP contribution is -2.41. The molecule has 0 heterocycles. The quantitative estimate of drug-likeness (QED) is 0.186. The van der Waals surface area contributed by atoms with Crippen LogP contribution in [0.1, 0.15) is 151 Å². The van der Waals surface area contributed by atoms with Crippen LogP contribution in [-0.4, -0.2) is 34.5 Å². The zero-order valence-corrected chi connectivity index (χ0v) is 22.6. The number of unbranched alkanes of at least 4 members (excludes halogenated alkanes) is 11. The predicted molar refractivity (Wildman–Crippen MR) is 136 cm³/mol. The van der Waals surface area contributed by atoms with Gasteiger partial charge in [-0.15, -0.1) is 0 Å². The first-order chi connectivity index (χ1) is 14.9. The predicted octanol–water partition coefficient (Wildman–Crippen LogP) is 8.70. The SMILES string of the molecule is CCCCCCCCCCC(OC(C)(C)C)C(CCCCCCCC(=O)O)OC(C)(C)C. The summed E-state index contributed by atoms with van der Waals surface area (Å²) in [6.07, 6.45) is 18.3.